The predicted molar refractivity (Wildman–Crippen MR) is 90.7 cm³/mol. The van der Waals surface area contributed by atoms with Crippen molar-refractivity contribution in [3.05, 3.63) is 35.9 Å². The van der Waals surface area contributed by atoms with Crippen LogP contribution in [0.3, 0.4) is 0 Å². The van der Waals surface area contributed by atoms with E-state index in [4.69, 9.17) is 9.47 Å². The zero-order valence-electron chi connectivity index (χ0n) is 14.9. The summed E-state index contributed by atoms with van der Waals surface area (Å²) in [6.07, 6.45) is -0.434. The molecule has 1 aromatic carbocycles. The Balaban J connectivity index is 0.000000739. The molecule has 1 aromatic rings. The maximum Gasteiger partial charge on any atom is 0.347 e. The van der Waals surface area contributed by atoms with Gasteiger partial charge in [0, 0.05) is 13.3 Å². The molecule has 0 aliphatic carbocycles. The predicted octanol–water partition coefficient (Wildman–Crippen LogP) is 1.12. The minimum atomic E-state index is -0.942. The molecular formula is C18H23NO7. The first kappa shape index (κ1) is 21.1. The number of carbonyl (C=O) groups excluding carboxylic acids is 4. The molecule has 1 fully saturated rings. The Bertz CT molecular complexity index is 609. The average molecular weight is 365 g/mol. The number of hydrogen-bond donors (Lipinski definition) is 1. The van der Waals surface area contributed by atoms with Crippen molar-refractivity contribution in [2.75, 3.05) is 13.2 Å². The van der Waals surface area contributed by atoms with Gasteiger partial charge in [0.1, 0.15) is 6.61 Å². The lowest BCUT2D eigenvalue weighted by molar-refractivity contribution is -0.165. The summed E-state index contributed by atoms with van der Waals surface area (Å²) in [6.45, 7) is 3.54. The van der Waals surface area contributed by atoms with E-state index in [2.05, 4.69) is 10.1 Å². The van der Waals surface area contributed by atoms with Crippen molar-refractivity contribution in [1.29, 1.82) is 0 Å². The van der Waals surface area contributed by atoms with Gasteiger partial charge in [-0.1, -0.05) is 30.3 Å². The highest BCUT2D eigenvalue weighted by molar-refractivity contribution is 5.91. The number of ether oxygens (including phenoxy) is 3. The monoisotopic (exact) mass is 365 g/mol. The SMILES string of the molecule is CC(=O)OC(C)C(=O)OCCCC(=O)OCc1ccccc1.O=C1CN1. The van der Waals surface area contributed by atoms with Crippen molar-refractivity contribution < 1.29 is 33.4 Å². The van der Waals surface area contributed by atoms with E-state index in [1.165, 1.54) is 13.8 Å². The van der Waals surface area contributed by atoms with Crippen LogP contribution in [0.1, 0.15) is 32.3 Å². The van der Waals surface area contributed by atoms with E-state index in [1.807, 2.05) is 30.3 Å². The van der Waals surface area contributed by atoms with E-state index in [9.17, 15) is 19.2 Å². The number of hydrogen-bond acceptors (Lipinski definition) is 7. The van der Waals surface area contributed by atoms with Gasteiger partial charge in [0.25, 0.3) is 0 Å². The minimum absolute atomic E-state index is 0.0743. The van der Waals surface area contributed by atoms with Gasteiger partial charge in [-0.05, 0) is 18.9 Å². The van der Waals surface area contributed by atoms with Crippen molar-refractivity contribution in [1.82, 2.24) is 5.32 Å². The van der Waals surface area contributed by atoms with Crippen LogP contribution in [0.5, 0.6) is 0 Å². The standard InChI is InChI=1S/C16H20O6.C2H3NO/c1-12(22-13(2)17)16(19)20-10-6-9-15(18)21-11-14-7-4-3-5-8-14;4-2-1-3-2/h3-5,7-8,12H,6,9-11H2,1-2H3;1H2,(H,3,4). The summed E-state index contributed by atoms with van der Waals surface area (Å²) in [6, 6.07) is 9.35. The highest BCUT2D eigenvalue weighted by Crippen LogP contribution is 2.03. The van der Waals surface area contributed by atoms with Gasteiger partial charge in [-0.25, -0.2) is 4.79 Å². The largest absolute Gasteiger partial charge is 0.463 e. The van der Waals surface area contributed by atoms with Crippen LogP contribution in [-0.4, -0.2) is 43.1 Å². The van der Waals surface area contributed by atoms with E-state index in [0.717, 1.165) is 5.56 Å². The Morgan fingerprint density at radius 2 is 1.77 bits per heavy atom. The minimum Gasteiger partial charge on any atom is -0.463 e. The van der Waals surface area contributed by atoms with Gasteiger partial charge in [-0.3, -0.25) is 14.4 Å². The average Bonchev–Trinajstić information content (AvgIpc) is 3.39. The van der Waals surface area contributed by atoms with Crippen LogP contribution < -0.4 is 5.32 Å². The summed E-state index contributed by atoms with van der Waals surface area (Å²) in [5.41, 5.74) is 0.914. The van der Waals surface area contributed by atoms with Gasteiger partial charge in [0.2, 0.25) is 5.91 Å². The third-order valence-corrected chi connectivity index (χ3v) is 3.01. The van der Waals surface area contributed by atoms with Gasteiger partial charge in [0.15, 0.2) is 6.10 Å². The first-order valence-corrected chi connectivity index (χ1v) is 8.18. The molecule has 1 N–H and O–H groups in total. The van der Waals surface area contributed by atoms with Crippen LogP contribution in [0, 0.1) is 0 Å². The summed E-state index contributed by atoms with van der Waals surface area (Å²) in [7, 11) is 0. The Morgan fingerprint density at radius 1 is 1.15 bits per heavy atom. The zero-order chi connectivity index (χ0) is 19.4. The van der Waals surface area contributed by atoms with E-state index in [-0.39, 0.29) is 31.5 Å². The molecule has 26 heavy (non-hydrogen) atoms. The summed E-state index contributed by atoms with van der Waals surface area (Å²) < 4.78 is 14.7. The molecule has 1 atom stereocenters. The Kier molecular flexibility index (Phi) is 9.45. The van der Waals surface area contributed by atoms with Crippen molar-refractivity contribution in [2.45, 2.75) is 39.4 Å². The highest BCUT2D eigenvalue weighted by atomic mass is 16.6. The van der Waals surface area contributed by atoms with Crippen molar-refractivity contribution in [2.24, 2.45) is 0 Å². The van der Waals surface area contributed by atoms with E-state index < -0.39 is 18.0 Å². The number of esters is 3. The van der Waals surface area contributed by atoms with E-state index >= 15 is 0 Å². The molecule has 0 spiro atoms. The normalized spacial score (nSPS) is 12.6. The Hall–Kier alpha value is -2.90. The molecule has 1 saturated heterocycles. The summed E-state index contributed by atoms with van der Waals surface area (Å²) in [5, 5.41) is 2.46. The molecule has 1 amide bonds. The molecule has 2 rings (SSSR count). The molecule has 1 heterocycles. The zero-order valence-corrected chi connectivity index (χ0v) is 14.9. The van der Waals surface area contributed by atoms with Crippen LogP contribution in [0.25, 0.3) is 0 Å². The molecule has 0 aromatic heterocycles. The molecule has 8 nitrogen and oxygen atoms in total. The summed E-state index contributed by atoms with van der Waals surface area (Å²) in [4.78, 5) is 43.0. The molecule has 0 bridgehead atoms. The van der Waals surface area contributed by atoms with E-state index in [1.54, 1.807) is 0 Å². The first-order chi connectivity index (χ1) is 12.4. The molecule has 8 heteroatoms. The number of rotatable bonds is 8. The third-order valence-electron chi connectivity index (χ3n) is 3.01. The number of carbonyl (C=O) groups is 4. The second-order valence-corrected chi connectivity index (χ2v) is 5.45. The van der Waals surface area contributed by atoms with Crippen LogP contribution in [0.15, 0.2) is 30.3 Å². The second-order valence-electron chi connectivity index (χ2n) is 5.45. The fourth-order valence-electron chi connectivity index (χ4n) is 1.65. The molecule has 1 unspecified atom stereocenters. The van der Waals surface area contributed by atoms with Crippen LogP contribution in [0.2, 0.25) is 0 Å². The summed E-state index contributed by atoms with van der Waals surface area (Å²) >= 11 is 0. The first-order valence-electron chi connectivity index (χ1n) is 8.18. The third kappa shape index (κ3) is 10.8. The topological polar surface area (TPSA) is 118 Å². The number of nitrogens with one attached hydrogen (secondary N) is 1. The fourth-order valence-corrected chi connectivity index (χ4v) is 1.65. The molecule has 0 radical (unpaired) electrons. The Morgan fingerprint density at radius 3 is 2.31 bits per heavy atom. The molecular weight excluding hydrogens is 342 g/mol. The highest BCUT2D eigenvalue weighted by Gasteiger charge is 2.17. The molecule has 0 saturated carbocycles. The van der Waals surface area contributed by atoms with Gasteiger partial charge in [0.05, 0.1) is 13.2 Å². The van der Waals surface area contributed by atoms with E-state index in [0.29, 0.717) is 13.0 Å². The lowest BCUT2D eigenvalue weighted by Crippen LogP contribution is -2.25. The lowest BCUT2D eigenvalue weighted by Gasteiger charge is -2.11. The maximum absolute atomic E-state index is 11.5. The van der Waals surface area contributed by atoms with Crippen molar-refractivity contribution in [3.63, 3.8) is 0 Å². The molecule has 1 aliphatic heterocycles. The smallest absolute Gasteiger partial charge is 0.347 e. The number of amides is 1. The quantitative estimate of drug-likeness (QED) is 0.317. The second kappa shape index (κ2) is 11.6. The van der Waals surface area contributed by atoms with Crippen molar-refractivity contribution >= 4 is 23.8 Å². The van der Waals surface area contributed by atoms with Gasteiger partial charge >= 0.3 is 17.9 Å². The van der Waals surface area contributed by atoms with Crippen LogP contribution >= 0.6 is 0 Å². The fraction of sp³-hybridized carbons (Fsp3) is 0.444. The lowest BCUT2D eigenvalue weighted by atomic mass is 10.2. The molecule has 142 valence electrons. The summed E-state index contributed by atoms with van der Waals surface area (Å²) in [5.74, 6) is -1.37. The number of benzene rings is 1. The molecule has 1 aliphatic rings. The Labute approximate surface area is 151 Å². The maximum atomic E-state index is 11.5. The van der Waals surface area contributed by atoms with Gasteiger partial charge in [-0.15, -0.1) is 0 Å². The van der Waals surface area contributed by atoms with Crippen LogP contribution in [0.4, 0.5) is 0 Å². The van der Waals surface area contributed by atoms with Gasteiger partial charge in [-0.2, -0.15) is 0 Å². The van der Waals surface area contributed by atoms with Crippen molar-refractivity contribution in [3.8, 4) is 0 Å². The van der Waals surface area contributed by atoms with Gasteiger partial charge < -0.3 is 19.5 Å². The van der Waals surface area contributed by atoms with Crippen LogP contribution in [-0.2, 0) is 40.0 Å².